The maximum absolute atomic E-state index is 3.90. The van der Waals surface area contributed by atoms with Crippen LogP contribution in [0.5, 0.6) is 0 Å². The first-order valence-corrected chi connectivity index (χ1v) is 9.44. The molecule has 0 aromatic rings. The Kier molecular flexibility index (Phi) is 9.59. The Morgan fingerprint density at radius 1 is 1.10 bits per heavy atom. The van der Waals surface area contributed by atoms with Gasteiger partial charge in [-0.25, -0.2) is 0 Å². The van der Waals surface area contributed by atoms with E-state index in [1.54, 1.807) is 0 Å². The van der Waals surface area contributed by atoms with Gasteiger partial charge in [-0.15, -0.1) is 0 Å². The van der Waals surface area contributed by atoms with Gasteiger partial charge in [0.15, 0.2) is 0 Å². The van der Waals surface area contributed by atoms with Crippen molar-refractivity contribution in [3.8, 4) is 0 Å². The summed E-state index contributed by atoms with van der Waals surface area (Å²) >= 11 is 0. The summed E-state index contributed by atoms with van der Waals surface area (Å²) in [5.41, 5.74) is 0. The fourth-order valence-electron chi connectivity index (χ4n) is 3.96. The van der Waals surface area contributed by atoms with Gasteiger partial charge in [-0.2, -0.15) is 0 Å². The highest BCUT2D eigenvalue weighted by atomic mass is 14.9. The van der Waals surface area contributed by atoms with Crippen molar-refractivity contribution < 1.29 is 0 Å². The third-order valence-corrected chi connectivity index (χ3v) is 5.33. The number of hydrogen-bond acceptors (Lipinski definition) is 1. The summed E-state index contributed by atoms with van der Waals surface area (Å²) in [6.07, 6.45) is 14.1. The Hall–Kier alpha value is -0.0400. The molecule has 1 saturated carbocycles. The fraction of sp³-hybridized carbons (Fsp3) is 1.00. The van der Waals surface area contributed by atoms with E-state index < -0.39 is 0 Å². The first-order chi connectivity index (χ1) is 9.71. The van der Waals surface area contributed by atoms with E-state index in [0.29, 0.717) is 0 Å². The molecule has 0 aromatic heterocycles. The predicted octanol–water partition coefficient (Wildman–Crippen LogP) is 5.79. The van der Waals surface area contributed by atoms with E-state index >= 15 is 0 Å². The Morgan fingerprint density at radius 2 is 1.90 bits per heavy atom. The second-order valence-electron chi connectivity index (χ2n) is 7.24. The van der Waals surface area contributed by atoms with Crippen LogP contribution in [0.25, 0.3) is 0 Å². The molecule has 0 radical (unpaired) electrons. The van der Waals surface area contributed by atoms with Crippen LogP contribution in [0.2, 0.25) is 0 Å². The van der Waals surface area contributed by atoms with Gasteiger partial charge in [-0.3, -0.25) is 0 Å². The Morgan fingerprint density at radius 3 is 2.50 bits per heavy atom. The van der Waals surface area contributed by atoms with Gasteiger partial charge >= 0.3 is 0 Å². The number of unbranched alkanes of at least 4 members (excludes halogenated alkanes) is 1. The lowest BCUT2D eigenvalue weighted by Gasteiger charge is -2.36. The summed E-state index contributed by atoms with van der Waals surface area (Å²) in [7, 11) is 0. The standard InChI is InChI=1S/C19H39N/c1-5-8-11-17(7-3)15-19(20-13-6-2)18-12-9-10-16(4)14-18/h16-20H,5-15H2,1-4H3. The summed E-state index contributed by atoms with van der Waals surface area (Å²) in [6.45, 7) is 10.7. The van der Waals surface area contributed by atoms with Crippen LogP contribution in [-0.4, -0.2) is 12.6 Å². The molecular weight excluding hydrogens is 242 g/mol. The van der Waals surface area contributed by atoms with Gasteiger partial charge < -0.3 is 5.32 Å². The Labute approximate surface area is 128 Å². The summed E-state index contributed by atoms with van der Waals surface area (Å²) < 4.78 is 0. The van der Waals surface area contributed by atoms with Gasteiger partial charge in [0.2, 0.25) is 0 Å². The van der Waals surface area contributed by atoms with Crippen molar-refractivity contribution in [1.82, 2.24) is 5.32 Å². The van der Waals surface area contributed by atoms with E-state index in [1.165, 1.54) is 70.8 Å². The average Bonchev–Trinajstić information content (AvgIpc) is 2.46. The van der Waals surface area contributed by atoms with Crippen molar-refractivity contribution in [2.45, 2.75) is 97.9 Å². The maximum atomic E-state index is 3.90. The third kappa shape index (κ3) is 6.61. The zero-order valence-corrected chi connectivity index (χ0v) is 14.6. The molecule has 20 heavy (non-hydrogen) atoms. The van der Waals surface area contributed by atoms with Crippen LogP contribution in [0, 0.1) is 17.8 Å². The molecule has 0 saturated heterocycles. The highest BCUT2D eigenvalue weighted by Crippen LogP contribution is 2.34. The van der Waals surface area contributed by atoms with E-state index in [-0.39, 0.29) is 0 Å². The molecule has 1 fully saturated rings. The van der Waals surface area contributed by atoms with Crippen molar-refractivity contribution in [3.05, 3.63) is 0 Å². The van der Waals surface area contributed by atoms with Crippen LogP contribution in [0.4, 0.5) is 0 Å². The minimum absolute atomic E-state index is 0.791. The molecule has 1 heteroatoms. The SMILES string of the molecule is CCCCC(CC)CC(NCCC)C1CCCC(C)C1. The highest BCUT2D eigenvalue weighted by molar-refractivity contribution is 4.83. The molecule has 0 spiro atoms. The molecular formula is C19H39N. The molecule has 0 aromatic carbocycles. The first kappa shape index (κ1) is 18.0. The van der Waals surface area contributed by atoms with Gasteiger partial charge in [-0.05, 0) is 50.0 Å². The lowest BCUT2D eigenvalue weighted by molar-refractivity contribution is 0.194. The van der Waals surface area contributed by atoms with Crippen molar-refractivity contribution in [2.75, 3.05) is 6.54 Å². The summed E-state index contributed by atoms with van der Waals surface area (Å²) in [6, 6.07) is 0.791. The molecule has 0 amide bonds. The largest absolute Gasteiger partial charge is 0.314 e. The van der Waals surface area contributed by atoms with Gasteiger partial charge in [0.25, 0.3) is 0 Å². The van der Waals surface area contributed by atoms with E-state index in [2.05, 4.69) is 33.0 Å². The zero-order chi connectivity index (χ0) is 14.8. The van der Waals surface area contributed by atoms with Gasteiger partial charge in [-0.1, -0.05) is 66.2 Å². The molecule has 120 valence electrons. The highest BCUT2D eigenvalue weighted by Gasteiger charge is 2.27. The lowest BCUT2D eigenvalue weighted by atomic mass is 9.75. The molecule has 0 aliphatic heterocycles. The second kappa shape index (κ2) is 10.7. The Bertz CT molecular complexity index is 226. The second-order valence-corrected chi connectivity index (χ2v) is 7.24. The van der Waals surface area contributed by atoms with Crippen LogP contribution in [0.3, 0.4) is 0 Å². The molecule has 0 heterocycles. The topological polar surface area (TPSA) is 12.0 Å². The average molecular weight is 282 g/mol. The van der Waals surface area contributed by atoms with Crippen LogP contribution in [-0.2, 0) is 0 Å². The molecule has 1 nitrogen and oxygen atoms in total. The van der Waals surface area contributed by atoms with Crippen molar-refractivity contribution in [1.29, 1.82) is 0 Å². The van der Waals surface area contributed by atoms with Gasteiger partial charge in [0.05, 0.1) is 0 Å². The van der Waals surface area contributed by atoms with Crippen LogP contribution in [0.15, 0.2) is 0 Å². The molecule has 4 atom stereocenters. The molecule has 1 aliphatic rings. The quantitative estimate of drug-likeness (QED) is 0.534. The lowest BCUT2D eigenvalue weighted by Crippen LogP contribution is -2.40. The summed E-state index contributed by atoms with van der Waals surface area (Å²) in [4.78, 5) is 0. The first-order valence-electron chi connectivity index (χ1n) is 9.44. The number of hydrogen-bond donors (Lipinski definition) is 1. The Balaban J connectivity index is 2.52. The van der Waals surface area contributed by atoms with E-state index in [1.807, 2.05) is 0 Å². The summed E-state index contributed by atoms with van der Waals surface area (Å²) in [5.74, 6) is 2.85. The minimum atomic E-state index is 0.791. The van der Waals surface area contributed by atoms with E-state index in [4.69, 9.17) is 0 Å². The van der Waals surface area contributed by atoms with Crippen molar-refractivity contribution >= 4 is 0 Å². The molecule has 1 rings (SSSR count). The molecule has 4 unspecified atom stereocenters. The summed E-state index contributed by atoms with van der Waals surface area (Å²) in [5, 5.41) is 3.90. The zero-order valence-electron chi connectivity index (χ0n) is 14.6. The van der Waals surface area contributed by atoms with Crippen molar-refractivity contribution in [3.63, 3.8) is 0 Å². The van der Waals surface area contributed by atoms with Crippen LogP contribution >= 0.6 is 0 Å². The molecule has 1 N–H and O–H groups in total. The minimum Gasteiger partial charge on any atom is -0.314 e. The van der Waals surface area contributed by atoms with Crippen molar-refractivity contribution in [2.24, 2.45) is 17.8 Å². The smallest absolute Gasteiger partial charge is 0.00980 e. The number of rotatable bonds is 10. The maximum Gasteiger partial charge on any atom is 0.00980 e. The van der Waals surface area contributed by atoms with Crippen LogP contribution in [0.1, 0.15) is 91.9 Å². The van der Waals surface area contributed by atoms with Gasteiger partial charge in [0.1, 0.15) is 0 Å². The predicted molar refractivity (Wildman–Crippen MR) is 91.1 cm³/mol. The molecule has 0 bridgehead atoms. The number of nitrogens with one attached hydrogen (secondary N) is 1. The monoisotopic (exact) mass is 281 g/mol. The molecule has 1 aliphatic carbocycles. The normalized spacial score (nSPS) is 26.4. The third-order valence-electron chi connectivity index (χ3n) is 5.33. The fourth-order valence-corrected chi connectivity index (χ4v) is 3.96. The van der Waals surface area contributed by atoms with E-state index in [0.717, 1.165) is 23.8 Å². The van der Waals surface area contributed by atoms with Gasteiger partial charge in [0, 0.05) is 6.04 Å². The van der Waals surface area contributed by atoms with Crippen LogP contribution < -0.4 is 5.32 Å². The van der Waals surface area contributed by atoms with E-state index in [9.17, 15) is 0 Å².